The molecule has 0 saturated carbocycles. The van der Waals surface area contributed by atoms with Crippen molar-refractivity contribution < 1.29 is 14.3 Å². The average molecular weight is 269 g/mol. The van der Waals surface area contributed by atoms with Crippen LogP contribution in [0.3, 0.4) is 0 Å². The first-order chi connectivity index (χ1) is 9.72. The molecule has 1 aromatic heterocycles. The molecule has 1 heterocycles. The van der Waals surface area contributed by atoms with E-state index in [2.05, 4.69) is 4.98 Å². The van der Waals surface area contributed by atoms with Gasteiger partial charge >= 0.3 is 5.97 Å². The van der Waals surface area contributed by atoms with Gasteiger partial charge in [-0.2, -0.15) is 0 Å². The SMILES string of the molecule is CCC(=O)Oc1cc(OC)c2[nH]c3ccccc3c2c1. The number of methoxy groups -OCH3 is 1. The zero-order valence-corrected chi connectivity index (χ0v) is 11.4. The lowest BCUT2D eigenvalue weighted by molar-refractivity contribution is -0.134. The Balaban J connectivity index is 2.24. The fraction of sp³-hybridized carbons (Fsp3) is 0.188. The Labute approximate surface area is 116 Å². The van der Waals surface area contributed by atoms with Gasteiger partial charge in [-0.05, 0) is 12.1 Å². The maximum absolute atomic E-state index is 11.4. The quantitative estimate of drug-likeness (QED) is 0.583. The Morgan fingerprint density at radius 1 is 1.20 bits per heavy atom. The Morgan fingerprint density at radius 3 is 2.75 bits per heavy atom. The van der Waals surface area contributed by atoms with Gasteiger partial charge in [-0.25, -0.2) is 0 Å². The summed E-state index contributed by atoms with van der Waals surface area (Å²) in [5.41, 5.74) is 1.93. The Kier molecular flexibility index (Phi) is 3.06. The monoisotopic (exact) mass is 269 g/mol. The number of fused-ring (bicyclic) bond motifs is 3. The molecule has 20 heavy (non-hydrogen) atoms. The highest BCUT2D eigenvalue weighted by molar-refractivity contribution is 6.09. The van der Waals surface area contributed by atoms with Crippen molar-refractivity contribution in [2.45, 2.75) is 13.3 Å². The number of H-pyrrole nitrogens is 1. The second kappa shape index (κ2) is 4.89. The third kappa shape index (κ3) is 1.99. The molecule has 102 valence electrons. The lowest BCUT2D eigenvalue weighted by atomic mass is 10.1. The normalized spacial score (nSPS) is 10.9. The molecule has 0 radical (unpaired) electrons. The van der Waals surface area contributed by atoms with Gasteiger partial charge in [-0.15, -0.1) is 0 Å². The number of aromatic amines is 1. The molecule has 1 N–H and O–H groups in total. The van der Waals surface area contributed by atoms with Crippen LogP contribution in [0.5, 0.6) is 11.5 Å². The molecular formula is C16H15NO3. The molecule has 0 atom stereocenters. The van der Waals surface area contributed by atoms with Gasteiger partial charge in [0.1, 0.15) is 11.5 Å². The standard InChI is InChI=1S/C16H15NO3/c1-3-15(18)20-10-8-12-11-6-4-5-7-13(11)17-16(12)14(9-10)19-2/h4-9,17H,3H2,1-2H3. The molecule has 2 aromatic carbocycles. The van der Waals surface area contributed by atoms with Crippen LogP contribution < -0.4 is 9.47 Å². The van der Waals surface area contributed by atoms with E-state index in [9.17, 15) is 4.79 Å². The summed E-state index contributed by atoms with van der Waals surface area (Å²) >= 11 is 0. The highest BCUT2D eigenvalue weighted by Crippen LogP contribution is 2.35. The minimum absolute atomic E-state index is 0.258. The zero-order chi connectivity index (χ0) is 14.1. The number of nitrogens with one attached hydrogen (secondary N) is 1. The van der Waals surface area contributed by atoms with Crippen molar-refractivity contribution in [1.29, 1.82) is 0 Å². The lowest BCUT2D eigenvalue weighted by Crippen LogP contribution is -2.05. The fourth-order valence-corrected chi connectivity index (χ4v) is 2.32. The summed E-state index contributed by atoms with van der Waals surface area (Å²) in [4.78, 5) is 14.8. The highest BCUT2D eigenvalue weighted by atomic mass is 16.5. The van der Waals surface area contributed by atoms with E-state index in [4.69, 9.17) is 9.47 Å². The second-order valence-electron chi connectivity index (χ2n) is 4.55. The minimum Gasteiger partial charge on any atom is -0.494 e. The molecule has 3 aromatic rings. The summed E-state index contributed by atoms with van der Waals surface area (Å²) in [6.07, 6.45) is 0.342. The van der Waals surface area contributed by atoms with Crippen molar-refractivity contribution in [3.8, 4) is 11.5 Å². The number of rotatable bonds is 3. The third-order valence-corrected chi connectivity index (χ3v) is 3.29. The predicted molar refractivity (Wildman–Crippen MR) is 78.3 cm³/mol. The number of carbonyl (C=O) groups excluding carboxylic acids is 1. The van der Waals surface area contributed by atoms with Crippen LogP contribution in [0.4, 0.5) is 0 Å². The van der Waals surface area contributed by atoms with Crippen LogP contribution in [0.1, 0.15) is 13.3 Å². The van der Waals surface area contributed by atoms with Gasteiger partial charge in [0, 0.05) is 28.8 Å². The van der Waals surface area contributed by atoms with Crippen molar-refractivity contribution >= 4 is 27.8 Å². The molecule has 0 amide bonds. The van der Waals surface area contributed by atoms with Gasteiger partial charge in [-0.1, -0.05) is 25.1 Å². The minimum atomic E-state index is -0.258. The van der Waals surface area contributed by atoms with Gasteiger partial charge in [-0.3, -0.25) is 4.79 Å². The lowest BCUT2D eigenvalue weighted by Gasteiger charge is -2.07. The maximum Gasteiger partial charge on any atom is 0.310 e. The van der Waals surface area contributed by atoms with E-state index in [0.29, 0.717) is 17.9 Å². The number of hydrogen-bond donors (Lipinski definition) is 1. The van der Waals surface area contributed by atoms with Gasteiger partial charge < -0.3 is 14.5 Å². The summed E-state index contributed by atoms with van der Waals surface area (Å²) in [6, 6.07) is 11.6. The summed E-state index contributed by atoms with van der Waals surface area (Å²) in [5.74, 6) is 0.912. The van der Waals surface area contributed by atoms with E-state index < -0.39 is 0 Å². The summed E-state index contributed by atoms with van der Waals surface area (Å²) in [6.45, 7) is 1.77. The van der Waals surface area contributed by atoms with E-state index in [1.807, 2.05) is 30.3 Å². The molecular weight excluding hydrogens is 254 g/mol. The third-order valence-electron chi connectivity index (χ3n) is 3.29. The van der Waals surface area contributed by atoms with Crippen molar-refractivity contribution in [3.05, 3.63) is 36.4 Å². The van der Waals surface area contributed by atoms with Crippen molar-refractivity contribution in [1.82, 2.24) is 4.98 Å². The number of esters is 1. The summed E-state index contributed by atoms with van der Waals surface area (Å²) < 4.78 is 10.7. The first-order valence-electron chi connectivity index (χ1n) is 6.52. The first-order valence-corrected chi connectivity index (χ1v) is 6.52. The molecule has 0 saturated heterocycles. The predicted octanol–water partition coefficient (Wildman–Crippen LogP) is 3.65. The van der Waals surface area contributed by atoms with Crippen LogP contribution >= 0.6 is 0 Å². The Hall–Kier alpha value is -2.49. The van der Waals surface area contributed by atoms with Crippen LogP contribution in [0.25, 0.3) is 21.8 Å². The van der Waals surface area contributed by atoms with Crippen LogP contribution in [-0.2, 0) is 4.79 Å². The molecule has 0 fully saturated rings. The molecule has 0 aliphatic heterocycles. The molecule has 0 bridgehead atoms. The Morgan fingerprint density at radius 2 is 2.00 bits per heavy atom. The van der Waals surface area contributed by atoms with Crippen LogP contribution in [0.15, 0.2) is 36.4 Å². The summed E-state index contributed by atoms with van der Waals surface area (Å²) in [7, 11) is 1.60. The molecule has 4 heteroatoms. The van der Waals surface area contributed by atoms with E-state index in [-0.39, 0.29) is 5.97 Å². The largest absolute Gasteiger partial charge is 0.494 e. The van der Waals surface area contributed by atoms with Crippen molar-refractivity contribution in [3.63, 3.8) is 0 Å². The number of hydrogen-bond acceptors (Lipinski definition) is 3. The van der Waals surface area contributed by atoms with Crippen LogP contribution in [0, 0.1) is 0 Å². The number of ether oxygens (including phenoxy) is 2. The molecule has 3 rings (SSSR count). The van der Waals surface area contributed by atoms with E-state index in [1.54, 1.807) is 20.1 Å². The van der Waals surface area contributed by atoms with Crippen molar-refractivity contribution in [2.24, 2.45) is 0 Å². The van der Waals surface area contributed by atoms with Crippen LogP contribution in [0.2, 0.25) is 0 Å². The highest BCUT2D eigenvalue weighted by Gasteiger charge is 2.12. The smallest absolute Gasteiger partial charge is 0.310 e. The van der Waals surface area contributed by atoms with E-state index in [0.717, 1.165) is 21.8 Å². The fourth-order valence-electron chi connectivity index (χ4n) is 2.32. The van der Waals surface area contributed by atoms with Gasteiger partial charge in [0.15, 0.2) is 0 Å². The van der Waals surface area contributed by atoms with E-state index >= 15 is 0 Å². The molecule has 0 spiro atoms. The van der Waals surface area contributed by atoms with Crippen molar-refractivity contribution in [2.75, 3.05) is 7.11 Å². The molecule has 0 unspecified atom stereocenters. The number of benzene rings is 2. The second-order valence-corrected chi connectivity index (χ2v) is 4.55. The van der Waals surface area contributed by atoms with Gasteiger partial charge in [0.2, 0.25) is 0 Å². The molecule has 4 nitrogen and oxygen atoms in total. The van der Waals surface area contributed by atoms with Gasteiger partial charge in [0.05, 0.1) is 12.6 Å². The number of aromatic nitrogens is 1. The topological polar surface area (TPSA) is 51.3 Å². The maximum atomic E-state index is 11.4. The first kappa shape index (κ1) is 12.5. The number of carbonyl (C=O) groups is 1. The van der Waals surface area contributed by atoms with Gasteiger partial charge in [0.25, 0.3) is 0 Å². The van der Waals surface area contributed by atoms with Crippen LogP contribution in [-0.4, -0.2) is 18.1 Å². The average Bonchev–Trinajstić information content (AvgIpc) is 2.85. The molecule has 0 aliphatic rings. The zero-order valence-electron chi connectivity index (χ0n) is 11.4. The van der Waals surface area contributed by atoms with E-state index in [1.165, 1.54) is 0 Å². The number of para-hydroxylation sites is 1. The summed E-state index contributed by atoms with van der Waals surface area (Å²) in [5, 5.41) is 2.06. The molecule has 0 aliphatic carbocycles. The Bertz CT molecular complexity index is 789.